The second kappa shape index (κ2) is 8.36. The van der Waals surface area contributed by atoms with Crippen molar-refractivity contribution in [2.24, 2.45) is 5.92 Å². The molecule has 6 heteroatoms. The second-order valence-electron chi connectivity index (χ2n) is 7.01. The maximum Gasteiger partial charge on any atom is 0.134 e. The molecule has 2 fully saturated rings. The van der Waals surface area contributed by atoms with Crippen LogP contribution in [0.4, 0.5) is 17.3 Å². The zero-order chi connectivity index (χ0) is 17.6. The van der Waals surface area contributed by atoms with Gasteiger partial charge in [0.15, 0.2) is 0 Å². The number of hydrogen-bond acceptors (Lipinski definition) is 6. The molecule has 2 aromatic rings. The van der Waals surface area contributed by atoms with E-state index in [1.165, 1.54) is 18.5 Å². The fourth-order valence-corrected chi connectivity index (χ4v) is 3.76. The summed E-state index contributed by atoms with van der Waals surface area (Å²) in [5.74, 6) is 2.64. The largest absolute Gasteiger partial charge is 0.378 e. The molecule has 6 nitrogen and oxygen atoms in total. The van der Waals surface area contributed by atoms with Crippen LogP contribution in [0.25, 0.3) is 0 Å². The van der Waals surface area contributed by atoms with Crippen molar-refractivity contribution in [2.75, 3.05) is 61.1 Å². The topological polar surface area (TPSA) is 53.5 Å². The van der Waals surface area contributed by atoms with Crippen molar-refractivity contribution >= 4 is 17.3 Å². The van der Waals surface area contributed by atoms with E-state index in [-0.39, 0.29) is 0 Å². The number of nitrogens with one attached hydrogen (secondary N) is 1. The number of ether oxygens (including phenoxy) is 1. The van der Waals surface area contributed by atoms with Gasteiger partial charge in [0.1, 0.15) is 18.0 Å². The molecule has 0 bridgehead atoms. The predicted molar refractivity (Wildman–Crippen MR) is 105 cm³/mol. The summed E-state index contributed by atoms with van der Waals surface area (Å²) in [6.07, 6.45) is 4.08. The Labute approximate surface area is 155 Å². The Kier molecular flexibility index (Phi) is 5.50. The number of anilines is 3. The smallest absolute Gasteiger partial charge is 0.134 e. The van der Waals surface area contributed by atoms with Crippen LogP contribution in [-0.4, -0.2) is 55.9 Å². The number of morpholine rings is 1. The van der Waals surface area contributed by atoms with Gasteiger partial charge in [-0.15, -0.1) is 0 Å². The Bertz CT molecular complexity index is 690. The van der Waals surface area contributed by atoms with Gasteiger partial charge < -0.3 is 19.9 Å². The van der Waals surface area contributed by atoms with E-state index in [0.29, 0.717) is 0 Å². The van der Waals surface area contributed by atoms with Crippen LogP contribution in [0.1, 0.15) is 12.8 Å². The normalized spacial score (nSPS) is 20.4. The van der Waals surface area contributed by atoms with E-state index in [1.54, 1.807) is 6.33 Å². The monoisotopic (exact) mass is 353 g/mol. The maximum absolute atomic E-state index is 5.41. The van der Waals surface area contributed by atoms with Gasteiger partial charge in [-0.3, -0.25) is 0 Å². The summed E-state index contributed by atoms with van der Waals surface area (Å²) in [5, 5.41) is 3.48. The molecule has 0 amide bonds. The summed E-state index contributed by atoms with van der Waals surface area (Å²) in [6.45, 7) is 6.59. The Morgan fingerprint density at radius 3 is 2.73 bits per heavy atom. The van der Waals surface area contributed by atoms with Gasteiger partial charge in [-0.05, 0) is 30.9 Å². The number of para-hydroxylation sites is 1. The van der Waals surface area contributed by atoms with Crippen molar-refractivity contribution in [1.29, 1.82) is 0 Å². The first kappa shape index (κ1) is 17.1. The van der Waals surface area contributed by atoms with E-state index in [1.807, 2.05) is 0 Å². The number of rotatable bonds is 6. The highest BCUT2D eigenvalue weighted by Crippen LogP contribution is 2.25. The molecule has 2 aliphatic heterocycles. The van der Waals surface area contributed by atoms with Crippen molar-refractivity contribution in [3.63, 3.8) is 0 Å². The summed E-state index contributed by atoms with van der Waals surface area (Å²) in [5.41, 5.74) is 1.34. The maximum atomic E-state index is 5.41. The Morgan fingerprint density at radius 2 is 1.88 bits per heavy atom. The van der Waals surface area contributed by atoms with E-state index in [4.69, 9.17) is 4.74 Å². The third kappa shape index (κ3) is 4.25. The van der Waals surface area contributed by atoms with Crippen LogP contribution < -0.4 is 15.1 Å². The van der Waals surface area contributed by atoms with E-state index in [0.717, 1.165) is 63.5 Å². The van der Waals surface area contributed by atoms with E-state index >= 15 is 0 Å². The minimum atomic E-state index is 0.739. The molecular formula is C20H27N5O. The van der Waals surface area contributed by atoms with Crippen LogP contribution in [0, 0.1) is 5.92 Å². The molecule has 138 valence electrons. The highest BCUT2D eigenvalue weighted by atomic mass is 16.5. The fraction of sp³-hybridized carbons (Fsp3) is 0.500. The lowest BCUT2D eigenvalue weighted by Gasteiger charge is -2.27. The molecule has 1 aromatic carbocycles. The molecule has 2 aliphatic rings. The van der Waals surface area contributed by atoms with Gasteiger partial charge in [-0.1, -0.05) is 18.2 Å². The Morgan fingerprint density at radius 1 is 1.04 bits per heavy atom. The third-order valence-electron chi connectivity index (χ3n) is 5.25. The summed E-state index contributed by atoms with van der Waals surface area (Å²) < 4.78 is 5.41. The molecule has 4 rings (SSSR count). The lowest BCUT2D eigenvalue weighted by atomic mass is 10.1. The standard InChI is InChI=1S/C20H27N5O/c1-2-4-18(5-3-1)25-9-7-17(15-25)6-8-21-19-14-20(23-16-22-19)24-10-12-26-13-11-24/h1-5,14,16-17H,6-13,15H2,(H,21,22,23). The first-order chi connectivity index (χ1) is 12.9. The van der Waals surface area contributed by atoms with Gasteiger partial charge in [0.2, 0.25) is 0 Å². The summed E-state index contributed by atoms with van der Waals surface area (Å²) in [7, 11) is 0. The van der Waals surface area contributed by atoms with E-state index in [9.17, 15) is 0 Å². The van der Waals surface area contributed by atoms with Crippen LogP contribution in [0.2, 0.25) is 0 Å². The molecule has 1 N–H and O–H groups in total. The molecule has 0 radical (unpaired) electrons. The molecule has 0 saturated carbocycles. The minimum Gasteiger partial charge on any atom is -0.378 e. The number of benzene rings is 1. The highest BCUT2D eigenvalue weighted by molar-refractivity contribution is 5.49. The van der Waals surface area contributed by atoms with Crippen LogP contribution in [0.15, 0.2) is 42.7 Å². The molecule has 1 unspecified atom stereocenters. The molecule has 3 heterocycles. The van der Waals surface area contributed by atoms with Gasteiger partial charge in [0.05, 0.1) is 13.2 Å². The Balaban J connectivity index is 1.25. The third-order valence-corrected chi connectivity index (χ3v) is 5.25. The summed E-state index contributed by atoms with van der Waals surface area (Å²) >= 11 is 0. The SMILES string of the molecule is c1ccc(N2CCC(CCNc3cc(N4CCOCC4)ncn3)C2)cc1. The van der Waals surface area contributed by atoms with Gasteiger partial charge in [0, 0.05) is 44.5 Å². The zero-order valence-corrected chi connectivity index (χ0v) is 15.2. The molecule has 1 atom stereocenters. The van der Waals surface area contributed by atoms with Crippen LogP contribution in [0.5, 0.6) is 0 Å². The van der Waals surface area contributed by atoms with Crippen molar-refractivity contribution in [3.05, 3.63) is 42.7 Å². The van der Waals surface area contributed by atoms with Crippen molar-refractivity contribution in [3.8, 4) is 0 Å². The average Bonchev–Trinajstić information content (AvgIpc) is 3.19. The van der Waals surface area contributed by atoms with Crippen LogP contribution in [-0.2, 0) is 4.74 Å². The van der Waals surface area contributed by atoms with Gasteiger partial charge >= 0.3 is 0 Å². The minimum absolute atomic E-state index is 0.739. The lowest BCUT2D eigenvalue weighted by Crippen LogP contribution is -2.36. The molecule has 1 aromatic heterocycles. The van der Waals surface area contributed by atoms with Crippen molar-refractivity contribution < 1.29 is 4.74 Å². The van der Waals surface area contributed by atoms with Gasteiger partial charge in [0.25, 0.3) is 0 Å². The summed E-state index contributed by atoms with van der Waals surface area (Å²) in [4.78, 5) is 13.5. The average molecular weight is 353 g/mol. The molecule has 0 spiro atoms. The molecular weight excluding hydrogens is 326 g/mol. The van der Waals surface area contributed by atoms with Crippen molar-refractivity contribution in [1.82, 2.24) is 9.97 Å². The first-order valence-electron chi connectivity index (χ1n) is 9.57. The lowest BCUT2D eigenvalue weighted by molar-refractivity contribution is 0.122. The zero-order valence-electron chi connectivity index (χ0n) is 15.2. The second-order valence-corrected chi connectivity index (χ2v) is 7.01. The number of aromatic nitrogens is 2. The predicted octanol–water partition coefficient (Wildman–Crippen LogP) is 2.64. The van der Waals surface area contributed by atoms with Crippen LogP contribution >= 0.6 is 0 Å². The highest BCUT2D eigenvalue weighted by Gasteiger charge is 2.22. The van der Waals surface area contributed by atoms with Crippen LogP contribution in [0.3, 0.4) is 0 Å². The van der Waals surface area contributed by atoms with E-state index < -0.39 is 0 Å². The van der Waals surface area contributed by atoms with E-state index in [2.05, 4.69) is 61.5 Å². The van der Waals surface area contributed by atoms with Crippen molar-refractivity contribution in [2.45, 2.75) is 12.8 Å². The first-order valence-corrected chi connectivity index (χ1v) is 9.57. The fourth-order valence-electron chi connectivity index (χ4n) is 3.76. The van der Waals surface area contributed by atoms with Gasteiger partial charge in [-0.2, -0.15) is 0 Å². The molecule has 2 saturated heterocycles. The molecule has 0 aliphatic carbocycles. The Hall–Kier alpha value is -2.34. The number of hydrogen-bond donors (Lipinski definition) is 1. The molecule has 26 heavy (non-hydrogen) atoms. The number of nitrogens with zero attached hydrogens (tertiary/aromatic N) is 4. The van der Waals surface area contributed by atoms with Gasteiger partial charge in [-0.25, -0.2) is 9.97 Å². The quantitative estimate of drug-likeness (QED) is 0.862. The summed E-state index contributed by atoms with van der Waals surface area (Å²) in [6, 6.07) is 12.8.